The zero-order chi connectivity index (χ0) is 31.9. The Labute approximate surface area is 260 Å². The Morgan fingerprint density at radius 2 is 1.73 bits per heavy atom. The third-order valence-corrected chi connectivity index (χ3v) is 9.69. The SMILES string of the molecule is CC[C@H](C)CC(=O)N(NC(=O)CNC1CC1)[C@@H](Cc1ccccc1)[C@H](O)CN(CC(C)C)S(=O)(=O)c1ccc2c(c1)OCO2. The topological polar surface area (TPSA) is 138 Å². The standard InChI is InChI=1S/C32H46N4O7S/c1-5-23(4)15-32(39)36(34-31(38)18-33-25-11-12-25)27(16-24-9-7-6-8-10-24)28(37)20-35(19-22(2)3)44(40,41)26-13-14-29-30(17-26)43-21-42-29/h6-10,13-14,17,22-23,25,27-28,33,37H,5,11-12,15-16,18-21H2,1-4H3,(H,34,38)/t23-,27-,28+/m0/s1. The summed E-state index contributed by atoms with van der Waals surface area (Å²) in [5.74, 6) is 0.0478. The fourth-order valence-corrected chi connectivity index (χ4v) is 6.66. The van der Waals surface area contributed by atoms with E-state index in [2.05, 4.69) is 10.7 Å². The molecule has 1 heterocycles. The fraction of sp³-hybridized carbons (Fsp3) is 0.562. The molecule has 0 unspecified atom stereocenters. The van der Waals surface area contributed by atoms with Crippen molar-refractivity contribution in [3.05, 3.63) is 54.1 Å². The summed E-state index contributed by atoms with van der Waals surface area (Å²) < 4.78 is 39.9. The average Bonchev–Trinajstić information content (AvgIpc) is 3.71. The summed E-state index contributed by atoms with van der Waals surface area (Å²) in [6, 6.07) is 13.1. The van der Waals surface area contributed by atoms with Gasteiger partial charge < -0.3 is 19.9 Å². The Balaban J connectivity index is 1.65. The molecule has 44 heavy (non-hydrogen) atoms. The van der Waals surface area contributed by atoms with Crippen molar-refractivity contribution in [3.63, 3.8) is 0 Å². The summed E-state index contributed by atoms with van der Waals surface area (Å²) in [5, 5.41) is 16.3. The van der Waals surface area contributed by atoms with Crippen LogP contribution in [0.1, 0.15) is 58.9 Å². The van der Waals surface area contributed by atoms with Crippen LogP contribution in [0.5, 0.6) is 11.5 Å². The second-order valence-corrected chi connectivity index (χ2v) is 14.2. The number of nitrogens with zero attached hydrogens (tertiary/aromatic N) is 2. The first-order valence-corrected chi connectivity index (χ1v) is 16.9. The van der Waals surface area contributed by atoms with Gasteiger partial charge in [0.05, 0.1) is 23.6 Å². The summed E-state index contributed by atoms with van der Waals surface area (Å²) in [4.78, 5) is 26.8. The summed E-state index contributed by atoms with van der Waals surface area (Å²) in [5.41, 5.74) is 3.60. The first kappa shape index (κ1) is 33.7. The maximum Gasteiger partial charge on any atom is 0.252 e. The number of hydrazine groups is 1. The number of sulfonamides is 1. The van der Waals surface area contributed by atoms with Gasteiger partial charge in [0.15, 0.2) is 11.5 Å². The van der Waals surface area contributed by atoms with Gasteiger partial charge in [0, 0.05) is 31.6 Å². The van der Waals surface area contributed by atoms with E-state index < -0.39 is 28.1 Å². The quantitative estimate of drug-likeness (QED) is 0.241. The zero-order valence-electron chi connectivity index (χ0n) is 26.1. The number of ether oxygens (including phenoxy) is 2. The van der Waals surface area contributed by atoms with Crippen LogP contribution in [0, 0.1) is 11.8 Å². The second-order valence-electron chi connectivity index (χ2n) is 12.2. The zero-order valence-corrected chi connectivity index (χ0v) is 26.9. The first-order valence-electron chi connectivity index (χ1n) is 15.4. The van der Waals surface area contributed by atoms with Crippen molar-refractivity contribution >= 4 is 21.8 Å². The average molecular weight is 631 g/mol. The highest BCUT2D eigenvalue weighted by molar-refractivity contribution is 7.89. The highest BCUT2D eigenvalue weighted by Crippen LogP contribution is 2.35. The minimum Gasteiger partial charge on any atom is -0.454 e. The minimum atomic E-state index is -4.09. The van der Waals surface area contributed by atoms with E-state index in [-0.39, 0.29) is 61.9 Å². The van der Waals surface area contributed by atoms with Gasteiger partial charge in [0.1, 0.15) is 0 Å². The van der Waals surface area contributed by atoms with Gasteiger partial charge in [-0.15, -0.1) is 0 Å². The van der Waals surface area contributed by atoms with E-state index in [1.165, 1.54) is 21.4 Å². The number of carbonyl (C=O) groups excluding carboxylic acids is 2. The molecule has 1 aliphatic carbocycles. The molecule has 1 aliphatic heterocycles. The lowest BCUT2D eigenvalue weighted by Gasteiger charge is -2.37. The lowest BCUT2D eigenvalue weighted by atomic mass is 9.98. The molecule has 0 radical (unpaired) electrons. The van der Waals surface area contributed by atoms with E-state index in [0.29, 0.717) is 17.5 Å². The van der Waals surface area contributed by atoms with E-state index in [0.717, 1.165) is 24.8 Å². The van der Waals surface area contributed by atoms with Gasteiger partial charge in [-0.05, 0) is 48.8 Å². The van der Waals surface area contributed by atoms with Crippen molar-refractivity contribution in [1.29, 1.82) is 0 Å². The van der Waals surface area contributed by atoms with Crippen molar-refractivity contribution in [2.24, 2.45) is 11.8 Å². The van der Waals surface area contributed by atoms with Crippen LogP contribution >= 0.6 is 0 Å². The summed E-state index contributed by atoms with van der Waals surface area (Å²) >= 11 is 0. The molecule has 1 saturated carbocycles. The van der Waals surface area contributed by atoms with Crippen LogP contribution in [-0.4, -0.2) is 79.3 Å². The Hall–Kier alpha value is -3.19. The van der Waals surface area contributed by atoms with E-state index in [1.54, 1.807) is 6.07 Å². The van der Waals surface area contributed by atoms with Gasteiger partial charge >= 0.3 is 0 Å². The van der Waals surface area contributed by atoms with Crippen LogP contribution in [0.2, 0.25) is 0 Å². The Morgan fingerprint density at radius 3 is 2.39 bits per heavy atom. The summed E-state index contributed by atoms with van der Waals surface area (Å²) in [6.07, 6.45) is 1.79. The number of hydrogen-bond donors (Lipinski definition) is 3. The molecule has 3 N–H and O–H groups in total. The van der Waals surface area contributed by atoms with Gasteiger partial charge in [0.2, 0.25) is 22.7 Å². The van der Waals surface area contributed by atoms with Crippen LogP contribution in [0.4, 0.5) is 0 Å². The van der Waals surface area contributed by atoms with Crippen molar-refractivity contribution in [3.8, 4) is 11.5 Å². The van der Waals surface area contributed by atoms with Crippen LogP contribution < -0.4 is 20.2 Å². The van der Waals surface area contributed by atoms with Gasteiger partial charge in [-0.1, -0.05) is 64.4 Å². The molecule has 2 aromatic rings. The molecule has 0 aromatic heterocycles. The van der Waals surface area contributed by atoms with Gasteiger partial charge in [0.25, 0.3) is 5.91 Å². The number of carbonyl (C=O) groups is 2. The number of hydrogen-bond acceptors (Lipinski definition) is 8. The van der Waals surface area contributed by atoms with Crippen LogP contribution in [-0.2, 0) is 26.0 Å². The maximum atomic E-state index is 14.0. The predicted molar refractivity (Wildman–Crippen MR) is 166 cm³/mol. The Kier molecular flexibility index (Phi) is 11.6. The van der Waals surface area contributed by atoms with E-state index >= 15 is 0 Å². The smallest absolute Gasteiger partial charge is 0.252 e. The largest absolute Gasteiger partial charge is 0.454 e. The lowest BCUT2D eigenvalue weighted by Crippen LogP contribution is -2.60. The first-order chi connectivity index (χ1) is 21.0. The van der Waals surface area contributed by atoms with E-state index in [9.17, 15) is 23.1 Å². The predicted octanol–water partition coefficient (Wildman–Crippen LogP) is 3.08. The molecule has 0 saturated heterocycles. The molecule has 3 atom stereocenters. The molecule has 11 nitrogen and oxygen atoms in total. The number of benzene rings is 2. The van der Waals surface area contributed by atoms with Gasteiger partial charge in [-0.25, -0.2) is 13.4 Å². The molecule has 0 bridgehead atoms. The third kappa shape index (κ3) is 9.16. The third-order valence-electron chi connectivity index (χ3n) is 7.87. The highest BCUT2D eigenvalue weighted by Gasteiger charge is 2.37. The van der Waals surface area contributed by atoms with Gasteiger partial charge in [-0.2, -0.15) is 4.31 Å². The molecule has 4 rings (SSSR count). The number of aliphatic hydroxyl groups is 1. The number of rotatable bonds is 16. The minimum absolute atomic E-state index is 0.0107. The van der Waals surface area contributed by atoms with Crippen molar-refractivity contribution in [2.45, 2.75) is 82.9 Å². The number of fused-ring (bicyclic) bond motifs is 1. The number of aliphatic hydroxyl groups excluding tert-OH is 1. The van der Waals surface area contributed by atoms with Crippen molar-refractivity contribution < 1.29 is 32.6 Å². The molecule has 0 spiro atoms. The van der Waals surface area contributed by atoms with E-state index in [4.69, 9.17) is 9.47 Å². The molecular formula is C32H46N4O7S. The highest BCUT2D eigenvalue weighted by atomic mass is 32.2. The lowest BCUT2D eigenvalue weighted by molar-refractivity contribution is -0.148. The van der Waals surface area contributed by atoms with Gasteiger partial charge in [-0.3, -0.25) is 15.0 Å². The molecule has 2 aliphatic rings. The molecule has 2 amide bonds. The Bertz CT molecular complexity index is 1370. The van der Waals surface area contributed by atoms with Crippen molar-refractivity contribution in [1.82, 2.24) is 20.1 Å². The fourth-order valence-electron chi connectivity index (χ4n) is 5.02. The van der Waals surface area contributed by atoms with Crippen LogP contribution in [0.15, 0.2) is 53.4 Å². The molecule has 242 valence electrons. The summed E-state index contributed by atoms with van der Waals surface area (Å²) in [6.45, 7) is 7.61. The molecule has 2 aromatic carbocycles. The maximum absolute atomic E-state index is 14.0. The monoisotopic (exact) mass is 630 g/mol. The van der Waals surface area contributed by atoms with E-state index in [1.807, 2.05) is 58.0 Å². The normalized spacial score (nSPS) is 16.5. The molecular weight excluding hydrogens is 584 g/mol. The van der Waals surface area contributed by atoms with Crippen LogP contribution in [0.25, 0.3) is 0 Å². The van der Waals surface area contributed by atoms with Crippen LogP contribution in [0.3, 0.4) is 0 Å². The van der Waals surface area contributed by atoms with Crippen molar-refractivity contribution in [2.75, 3.05) is 26.4 Å². The molecule has 1 fully saturated rings. The second kappa shape index (κ2) is 15.2. The number of nitrogens with one attached hydrogen (secondary N) is 2. The molecule has 12 heteroatoms. The number of amides is 2. The Morgan fingerprint density at radius 1 is 1.02 bits per heavy atom. The summed E-state index contributed by atoms with van der Waals surface area (Å²) in [7, 11) is -4.09.